The number of hydrogen-bond acceptors (Lipinski definition) is 8. The fourth-order valence-corrected chi connectivity index (χ4v) is 6.40. The van der Waals surface area contributed by atoms with E-state index in [-0.39, 0.29) is 5.92 Å². The summed E-state index contributed by atoms with van der Waals surface area (Å²) in [5, 5.41) is 13.0. The van der Waals surface area contributed by atoms with Crippen molar-refractivity contribution in [3.63, 3.8) is 0 Å². The summed E-state index contributed by atoms with van der Waals surface area (Å²) in [5.41, 5.74) is 2.24. The number of H-pyrrole nitrogens is 1. The van der Waals surface area contributed by atoms with Gasteiger partial charge in [0.2, 0.25) is 11.1 Å². The van der Waals surface area contributed by atoms with Crippen LogP contribution in [-0.4, -0.2) is 58.2 Å². The highest BCUT2D eigenvalue weighted by Crippen LogP contribution is 2.29. The van der Waals surface area contributed by atoms with Crippen LogP contribution in [0.15, 0.2) is 75.4 Å². The lowest BCUT2D eigenvalue weighted by molar-refractivity contribution is 0.396. The number of fused-ring (bicyclic) bond motifs is 1. The van der Waals surface area contributed by atoms with Crippen molar-refractivity contribution in [3.8, 4) is 5.69 Å². The molecule has 5 aromatic rings. The molecule has 6 rings (SSSR count). The van der Waals surface area contributed by atoms with Crippen molar-refractivity contribution in [1.82, 2.24) is 39.3 Å². The molecule has 212 valence electrons. The van der Waals surface area contributed by atoms with Crippen molar-refractivity contribution in [2.45, 2.75) is 37.9 Å². The van der Waals surface area contributed by atoms with Crippen LogP contribution >= 0.6 is 11.8 Å². The average Bonchev–Trinajstić information content (AvgIpc) is 3.62. The molecule has 41 heavy (non-hydrogen) atoms. The van der Waals surface area contributed by atoms with Crippen LogP contribution in [0.4, 0.5) is 5.95 Å². The molecule has 12 heteroatoms. The predicted molar refractivity (Wildman–Crippen MR) is 160 cm³/mol. The number of hydrogen-bond donors (Lipinski definition) is 1. The first-order valence-electron chi connectivity index (χ1n) is 13.9. The predicted octanol–water partition coefficient (Wildman–Crippen LogP) is 3.29. The van der Waals surface area contributed by atoms with Crippen LogP contribution in [0.5, 0.6) is 0 Å². The van der Waals surface area contributed by atoms with Crippen LogP contribution in [0, 0.1) is 11.8 Å². The number of nitrogens with zero attached hydrogens (tertiary/aromatic N) is 8. The maximum absolute atomic E-state index is 13.1. The lowest BCUT2D eigenvalue weighted by Crippen LogP contribution is -2.36. The van der Waals surface area contributed by atoms with E-state index in [0.29, 0.717) is 28.8 Å². The van der Waals surface area contributed by atoms with Gasteiger partial charge in [0.1, 0.15) is 0 Å². The Morgan fingerprint density at radius 3 is 2.46 bits per heavy atom. The van der Waals surface area contributed by atoms with Gasteiger partial charge in [0.05, 0.1) is 5.69 Å². The molecule has 3 aromatic heterocycles. The van der Waals surface area contributed by atoms with Gasteiger partial charge >= 0.3 is 5.69 Å². The van der Waals surface area contributed by atoms with E-state index in [9.17, 15) is 9.59 Å². The van der Waals surface area contributed by atoms with Gasteiger partial charge in [-0.15, -0.1) is 5.10 Å². The summed E-state index contributed by atoms with van der Waals surface area (Å²) in [6.45, 7) is 4.40. The van der Waals surface area contributed by atoms with Crippen molar-refractivity contribution < 1.29 is 0 Å². The number of aromatic nitrogens is 8. The Morgan fingerprint density at radius 1 is 1.02 bits per heavy atom. The van der Waals surface area contributed by atoms with Gasteiger partial charge < -0.3 is 9.47 Å². The largest absolute Gasteiger partial charge is 0.342 e. The summed E-state index contributed by atoms with van der Waals surface area (Å²) in [5.74, 6) is 2.24. The van der Waals surface area contributed by atoms with Gasteiger partial charge in [-0.2, -0.15) is 9.67 Å². The van der Waals surface area contributed by atoms with Gasteiger partial charge in [-0.3, -0.25) is 14.3 Å². The topological polar surface area (TPSA) is 120 Å². The number of aryl methyl sites for hydroxylation is 1. The Hall–Kier alpha value is -4.19. The third-order valence-electron chi connectivity index (χ3n) is 7.68. The zero-order valence-corrected chi connectivity index (χ0v) is 24.0. The van der Waals surface area contributed by atoms with E-state index in [1.54, 1.807) is 23.5 Å². The van der Waals surface area contributed by atoms with Crippen molar-refractivity contribution >= 4 is 28.9 Å². The lowest BCUT2D eigenvalue weighted by atomic mass is 9.90. The SMILES string of the molecule is C[C@@H](CSc1nnnn1-c1ccccc1)Cn1c(N2CCC(Cc3ccccc3)CC2)nc2c1c(=O)[nH]c(=O)n2C. The van der Waals surface area contributed by atoms with Crippen molar-refractivity contribution in [1.29, 1.82) is 0 Å². The van der Waals surface area contributed by atoms with Crippen LogP contribution in [0.3, 0.4) is 0 Å². The molecule has 1 aliphatic heterocycles. The fraction of sp³-hybridized carbons (Fsp3) is 0.379. The zero-order chi connectivity index (χ0) is 28.3. The van der Waals surface area contributed by atoms with E-state index in [1.807, 2.05) is 34.9 Å². The molecule has 1 N–H and O–H groups in total. The molecule has 11 nitrogen and oxygen atoms in total. The van der Waals surface area contributed by atoms with Gasteiger partial charge in [0.25, 0.3) is 5.56 Å². The van der Waals surface area contributed by atoms with E-state index in [0.717, 1.165) is 49.7 Å². The van der Waals surface area contributed by atoms with Gasteiger partial charge in [0, 0.05) is 32.4 Å². The number of rotatable bonds is 9. The first-order chi connectivity index (χ1) is 20.0. The van der Waals surface area contributed by atoms with E-state index in [2.05, 4.69) is 62.7 Å². The highest BCUT2D eigenvalue weighted by atomic mass is 32.2. The Bertz CT molecular complexity index is 1740. The molecule has 4 heterocycles. The summed E-state index contributed by atoms with van der Waals surface area (Å²) in [7, 11) is 1.65. The summed E-state index contributed by atoms with van der Waals surface area (Å²) in [6, 6.07) is 20.4. The number of benzene rings is 2. The average molecular weight is 572 g/mol. The lowest BCUT2D eigenvalue weighted by Gasteiger charge is -2.33. The number of anilines is 1. The third kappa shape index (κ3) is 5.69. The number of tetrazole rings is 1. The molecule has 1 aliphatic rings. The first kappa shape index (κ1) is 27.0. The molecule has 2 aromatic carbocycles. The highest BCUT2D eigenvalue weighted by Gasteiger charge is 2.27. The molecule has 0 bridgehead atoms. The van der Waals surface area contributed by atoms with E-state index < -0.39 is 11.2 Å². The quantitative estimate of drug-likeness (QED) is 0.268. The Morgan fingerprint density at radius 2 is 1.73 bits per heavy atom. The second kappa shape index (κ2) is 11.7. The maximum atomic E-state index is 13.1. The number of aromatic amines is 1. The fourth-order valence-electron chi connectivity index (χ4n) is 5.50. The highest BCUT2D eigenvalue weighted by molar-refractivity contribution is 7.99. The van der Waals surface area contributed by atoms with E-state index in [4.69, 9.17) is 4.98 Å². The normalized spacial score (nSPS) is 15.0. The summed E-state index contributed by atoms with van der Waals surface area (Å²) >= 11 is 1.57. The molecule has 0 unspecified atom stereocenters. The molecular formula is C29H33N9O2S. The molecule has 0 spiro atoms. The molecule has 0 aliphatic carbocycles. The van der Waals surface area contributed by atoms with Crippen LogP contribution in [0.2, 0.25) is 0 Å². The van der Waals surface area contributed by atoms with Crippen molar-refractivity contribution in [2.24, 2.45) is 18.9 Å². The molecule has 1 atom stereocenters. The van der Waals surface area contributed by atoms with E-state index >= 15 is 0 Å². The number of imidazole rings is 1. The van der Waals surface area contributed by atoms with Crippen LogP contribution in [0.25, 0.3) is 16.9 Å². The van der Waals surface area contributed by atoms with Crippen LogP contribution in [0.1, 0.15) is 25.3 Å². The number of piperidine rings is 1. The number of para-hydroxylation sites is 1. The smallest absolute Gasteiger partial charge is 0.329 e. The molecule has 1 fully saturated rings. The van der Waals surface area contributed by atoms with Gasteiger partial charge in [-0.25, -0.2) is 4.79 Å². The standard InChI is InChI=1S/C29H33N9O2S/c1-20(19-41-29-32-33-34-38(29)23-11-7-4-8-12-23)18-37-24-25(35(2)28(40)31-26(24)39)30-27(37)36-15-13-22(14-16-36)17-21-9-5-3-6-10-21/h3-12,20,22H,13-19H2,1-2H3,(H,31,39,40)/t20-/m1/s1. The third-order valence-corrected chi connectivity index (χ3v) is 8.93. The second-order valence-electron chi connectivity index (χ2n) is 10.8. The maximum Gasteiger partial charge on any atom is 0.329 e. The summed E-state index contributed by atoms with van der Waals surface area (Å²) in [4.78, 5) is 35.1. The van der Waals surface area contributed by atoms with Gasteiger partial charge in [0.15, 0.2) is 11.2 Å². The number of thioether (sulfide) groups is 1. The zero-order valence-electron chi connectivity index (χ0n) is 23.2. The number of nitrogens with one attached hydrogen (secondary N) is 1. The Kier molecular flexibility index (Phi) is 7.73. The summed E-state index contributed by atoms with van der Waals surface area (Å²) in [6.07, 6.45) is 3.15. The van der Waals surface area contributed by atoms with E-state index in [1.165, 1.54) is 10.1 Å². The monoisotopic (exact) mass is 571 g/mol. The van der Waals surface area contributed by atoms with Crippen LogP contribution < -0.4 is 16.1 Å². The minimum Gasteiger partial charge on any atom is -0.342 e. The Labute approximate surface area is 241 Å². The molecule has 1 saturated heterocycles. The van der Waals surface area contributed by atoms with Crippen molar-refractivity contribution in [2.75, 3.05) is 23.7 Å². The van der Waals surface area contributed by atoms with Crippen molar-refractivity contribution in [3.05, 3.63) is 87.1 Å². The molecule has 0 saturated carbocycles. The summed E-state index contributed by atoms with van der Waals surface area (Å²) < 4.78 is 5.15. The second-order valence-corrected chi connectivity index (χ2v) is 11.7. The van der Waals surface area contributed by atoms with Gasteiger partial charge in [-0.1, -0.05) is 67.2 Å². The van der Waals surface area contributed by atoms with Crippen LogP contribution in [-0.2, 0) is 20.0 Å². The minimum absolute atomic E-state index is 0.157. The molecule has 0 amide bonds. The molecule has 0 radical (unpaired) electrons. The minimum atomic E-state index is -0.461. The Balaban J connectivity index is 1.22. The van der Waals surface area contributed by atoms with Gasteiger partial charge in [-0.05, 0) is 59.2 Å². The first-order valence-corrected chi connectivity index (χ1v) is 14.9. The molecular weight excluding hydrogens is 538 g/mol.